The molecule has 0 aromatic heterocycles. The third-order valence-electron chi connectivity index (χ3n) is 2.95. The molecule has 0 aliphatic heterocycles. The molecule has 2 aromatic rings. The predicted molar refractivity (Wildman–Crippen MR) is 78.0 cm³/mol. The fourth-order valence-corrected chi connectivity index (χ4v) is 1.89. The van der Waals surface area contributed by atoms with Crippen molar-refractivity contribution >= 4 is 5.69 Å². The zero-order valence-electron chi connectivity index (χ0n) is 11.5. The number of ether oxygens (including phenoxy) is 2. The summed E-state index contributed by atoms with van der Waals surface area (Å²) in [6.45, 7) is 0.631. The quantitative estimate of drug-likeness (QED) is 0.904. The lowest BCUT2D eigenvalue weighted by atomic mass is 10.1. The highest BCUT2D eigenvalue weighted by atomic mass is 16.5. The highest BCUT2D eigenvalue weighted by Gasteiger charge is 2.03. The Morgan fingerprint density at radius 3 is 2.65 bits per heavy atom. The Balaban J connectivity index is 2.09. The molecular formula is C16H16N2O2. The lowest BCUT2D eigenvalue weighted by Gasteiger charge is -2.09. The molecule has 2 rings (SSSR count). The second-order valence-corrected chi connectivity index (χ2v) is 4.23. The number of rotatable bonds is 5. The van der Waals surface area contributed by atoms with Gasteiger partial charge in [0, 0.05) is 18.3 Å². The van der Waals surface area contributed by atoms with Gasteiger partial charge in [-0.05, 0) is 29.8 Å². The Bertz CT molecular complexity index is 633. The lowest BCUT2D eigenvalue weighted by Crippen LogP contribution is -2.00. The Kier molecular flexibility index (Phi) is 4.46. The molecule has 20 heavy (non-hydrogen) atoms. The predicted octanol–water partition coefficient (Wildman–Crippen LogP) is 3.19. The van der Waals surface area contributed by atoms with Gasteiger partial charge < -0.3 is 14.8 Å². The van der Waals surface area contributed by atoms with E-state index in [-0.39, 0.29) is 0 Å². The number of nitrogens with zero attached hydrogens (tertiary/aromatic N) is 1. The van der Waals surface area contributed by atoms with Crippen LogP contribution in [0.4, 0.5) is 5.69 Å². The molecule has 2 aromatic carbocycles. The molecule has 0 bridgehead atoms. The second kappa shape index (κ2) is 6.48. The molecule has 0 fully saturated rings. The van der Waals surface area contributed by atoms with E-state index in [9.17, 15) is 0 Å². The maximum Gasteiger partial charge on any atom is 0.136 e. The normalized spacial score (nSPS) is 9.65. The van der Waals surface area contributed by atoms with Crippen LogP contribution in [0, 0.1) is 11.3 Å². The van der Waals surface area contributed by atoms with Gasteiger partial charge in [0.2, 0.25) is 0 Å². The van der Waals surface area contributed by atoms with Gasteiger partial charge in [-0.15, -0.1) is 0 Å². The van der Waals surface area contributed by atoms with E-state index in [1.807, 2.05) is 36.4 Å². The number of nitriles is 1. The number of nitrogens with one attached hydrogen (secondary N) is 1. The van der Waals surface area contributed by atoms with Crippen molar-refractivity contribution in [3.05, 3.63) is 53.6 Å². The molecule has 0 heterocycles. The van der Waals surface area contributed by atoms with Crippen LogP contribution in [0.3, 0.4) is 0 Å². The lowest BCUT2D eigenvalue weighted by molar-refractivity contribution is 0.413. The highest BCUT2D eigenvalue weighted by Crippen LogP contribution is 2.21. The minimum atomic E-state index is 0.539. The molecule has 0 aliphatic carbocycles. The van der Waals surface area contributed by atoms with Gasteiger partial charge in [0.1, 0.15) is 17.6 Å². The van der Waals surface area contributed by atoms with E-state index in [0.717, 1.165) is 17.0 Å². The van der Waals surface area contributed by atoms with Gasteiger partial charge in [0.15, 0.2) is 0 Å². The fraction of sp³-hybridized carbons (Fsp3) is 0.188. The van der Waals surface area contributed by atoms with Gasteiger partial charge in [0.05, 0.1) is 19.8 Å². The van der Waals surface area contributed by atoms with E-state index in [1.54, 1.807) is 20.3 Å². The van der Waals surface area contributed by atoms with Crippen LogP contribution >= 0.6 is 0 Å². The van der Waals surface area contributed by atoms with Crippen LogP contribution in [0.5, 0.6) is 11.5 Å². The third-order valence-corrected chi connectivity index (χ3v) is 2.95. The summed E-state index contributed by atoms with van der Waals surface area (Å²) in [6, 6.07) is 15.4. The van der Waals surface area contributed by atoms with Crippen molar-refractivity contribution in [1.29, 1.82) is 5.26 Å². The summed E-state index contributed by atoms with van der Waals surface area (Å²) in [7, 11) is 3.20. The molecule has 0 saturated heterocycles. The Morgan fingerprint density at radius 2 is 1.95 bits per heavy atom. The number of hydrogen-bond donors (Lipinski definition) is 1. The minimum Gasteiger partial charge on any atom is -0.497 e. The smallest absolute Gasteiger partial charge is 0.136 e. The van der Waals surface area contributed by atoms with Crippen molar-refractivity contribution in [3.8, 4) is 17.6 Å². The second-order valence-electron chi connectivity index (χ2n) is 4.23. The summed E-state index contributed by atoms with van der Waals surface area (Å²) in [6.07, 6.45) is 0. The number of benzene rings is 2. The minimum absolute atomic E-state index is 0.539. The maximum atomic E-state index is 9.06. The average Bonchev–Trinajstić information content (AvgIpc) is 2.52. The van der Waals surface area contributed by atoms with E-state index < -0.39 is 0 Å². The summed E-state index contributed by atoms with van der Waals surface area (Å²) in [4.78, 5) is 0. The van der Waals surface area contributed by atoms with E-state index >= 15 is 0 Å². The monoisotopic (exact) mass is 268 g/mol. The van der Waals surface area contributed by atoms with Gasteiger partial charge in [-0.1, -0.05) is 12.1 Å². The number of methoxy groups -OCH3 is 2. The van der Waals surface area contributed by atoms with Gasteiger partial charge in [-0.2, -0.15) is 5.26 Å². The average molecular weight is 268 g/mol. The molecular weight excluding hydrogens is 252 g/mol. The first-order chi connectivity index (χ1) is 9.76. The first kappa shape index (κ1) is 13.8. The molecule has 4 nitrogen and oxygen atoms in total. The Labute approximate surface area is 118 Å². The molecule has 0 aliphatic rings. The standard InChI is InChI=1S/C16H16N2O2/c1-19-15-5-3-4-14(9-15)18-11-12-6-7-16(20-2)13(8-12)10-17/h3-9,18H,11H2,1-2H3. The first-order valence-corrected chi connectivity index (χ1v) is 6.21. The third kappa shape index (κ3) is 3.21. The van der Waals surface area contributed by atoms with Crippen molar-refractivity contribution in [2.24, 2.45) is 0 Å². The van der Waals surface area contributed by atoms with E-state index in [2.05, 4.69) is 11.4 Å². The molecule has 0 amide bonds. The summed E-state index contributed by atoms with van der Waals surface area (Å²) < 4.78 is 10.3. The number of anilines is 1. The van der Waals surface area contributed by atoms with E-state index in [1.165, 1.54) is 0 Å². The fourth-order valence-electron chi connectivity index (χ4n) is 1.89. The van der Waals surface area contributed by atoms with Crippen LogP contribution in [0.2, 0.25) is 0 Å². The zero-order chi connectivity index (χ0) is 14.4. The summed E-state index contributed by atoms with van der Waals surface area (Å²) in [5.41, 5.74) is 2.53. The molecule has 0 radical (unpaired) electrons. The summed E-state index contributed by atoms with van der Waals surface area (Å²) in [5.74, 6) is 1.40. The first-order valence-electron chi connectivity index (χ1n) is 6.21. The van der Waals surface area contributed by atoms with Gasteiger partial charge in [0.25, 0.3) is 0 Å². The molecule has 0 atom stereocenters. The molecule has 1 N–H and O–H groups in total. The molecule has 4 heteroatoms. The van der Waals surface area contributed by atoms with Gasteiger partial charge in [-0.3, -0.25) is 0 Å². The van der Waals surface area contributed by atoms with Crippen LogP contribution in [-0.2, 0) is 6.54 Å². The topological polar surface area (TPSA) is 54.3 Å². The van der Waals surface area contributed by atoms with Crippen LogP contribution in [0.1, 0.15) is 11.1 Å². The zero-order valence-corrected chi connectivity index (χ0v) is 11.5. The summed E-state index contributed by atoms with van der Waals surface area (Å²) >= 11 is 0. The highest BCUT2D eigenvalue weighted by molar-refractivity contribution is 5.50. The maximum absolute atomic E-state index is 9.06. The van der Waals surface area contributed by atoms with Crippen LogP contribution in [-0.4, -0.2) is 14.2 Å². The van der Waals surface area contributed by atoms with Gasteiger partial charge in [-0.25, -0.2) is 0 Å². The Hall–Kier alpha value is -2.67. The molecule has 0 unspecified atom stereocenters. The van der Waals surface area contributed by atoms with Crippen LogP contribution in [0.15, 0.2) is 42.5 Å². The largest absolute Gasteiger partial charge is 0.497 e. The SMILES string of the molecule is COc1cccc(NCc2ccc(OC)c(C#N)c2)c1. The van der Waals surface area contributed by atoms with Crippen molar-refractivity contribution in [2.75, 3.05) is 19.5 Å². The van der Waals surface area contributed by atoms with Crippen molar-refractivity contribution in [1.82, 2.24) is 0 Å². The number of hydrogen-bond acceptors (Lipinski definition) is 4. The Morgan fingerprint density at radius 1 is 1.10 bits per heavy atom. The van der Waals surface area contributed by atoms with Crippen LogP contribution < -0.4 is 14.8 Å². The van der Waals surface area contributed by atoms with Crippen LogP contribution in [0.25, 0.3) is 0 Å². The molecule has 0 spiro atoms. The van der Waals surface area contributed by atoms with Crippen molar-refractivity contribution in [2.45, 2.75) is 6.54 Å². The van der Waals surface area contributed by atoms with E-state index in [4.69, 9.17) is 14.7 Å². The van der Waals surface area contributed by atoms with Gasteiger partial charge >= 0.3 is 0 Å². The van der Waals surface area contributed by atoms with E-state index in [0.29, 0.717) is 17.9 Å². The molecule has 0 saturated carbocycles. The molecule has 102 valence electrons. The summed E-state index contributed by atoms with van der Waals surface area (Å²) in [5, 5.41) is 12.4. The van der Waals surface area contributed by atoms with Crippen molar-refractivity contribution < 1.29 is 9.47 Å². The van der Waals surface area contributed by atoms with Crippen molar-refractivity contribution in [3.63, 3.8) is 0 Å².